The van der Waals surface area contributed by atoms with E-state index in [0.29, 0.717) is 41.9 Å². The predicted molar refractivity (Wildman–Crippen MR) is 133 cm³/mol. The standard InChI is InChI=1S/C25H32N6O3/c1-32-19-11-9-17(10-12-19)16-26-23-29-24(27-18-7-5-4-6-8-18)31-25(30-23)28-21-14-13-20(33-2)15-22(21)34-3/h9-15,18H,4-8,16H2,1-3H3,(H3,26,27,28,29,30,31). The van der Waals surface area contributed by atoms with Gasteiger partial charge in [0.15, 0.2) is 0 Å². The van der Waals surface area contributed by atoms with Crippen molar-refractivity contribution in [2.45, 2.75) is 44.7 Å². The lowest BCUT2D eigenvalue weighted by molar-refractivity contribution is 0.395. The van der Waals surface area contributed by atoms with Crippen molar-refractivity contribution >= 4 is 23.5 Å². The van der Waals surface area contributed by atoms with Crippen LogP contribution in [0.1, 0.15) is 37.7 Å². The highest BCUT2D eigenvalue weighted by Gasteiger charge is 2.16. The van der Waals surface area contributed by atoms with Crippen LogP contribution in [0.3, 0.4) is 0 Å². The summed E-state index contributed by atoms with van der Waals surface area (Å²) in [7, 11) is 4.90. The summed E-state index contributed by atoms with van der Waals surface area (Å²) in [5, 5.41) is 10.1. The number of hydrogen-bond acceptors (Lipinski definition) is 9. The Morgan fingerprint density at radius 2 is 1.44 bits per heavy atom. The van der Waals surface area contributed by atoms with Gasteiger partial charge in [0, 0.05) is 18.7 Å². The van der Waals surface area contributed by atoms with Crippen LogP contribution in [0.15, 0.2) is 42.5 Å². The summed E-state index contributed by atoms with van der Waals surface area (Å²) in [6.45, 7) is 0.572. The normalized spacial score (nSPS) is 13.7. The summed E-state index contributed by atoms with van der Waals surface area (Å²) in [6.07, 6.45) is 5.97. The van der Waals surface area contributed by atoms with Gasteiger partial charge in [-0.3, -0.25) is 0 Å². The van der Waals surface area contributed by atoms with E-state index in [0.717, 1.165) is 29.8 Å². The Hall–Kier alpha value is -3.75. The Morgan fingerprint density at radius 1 is 0.765 bits per heavy atom. The number of anilines is 4. The minimum absolute atomic E-state index is 0.369. The molecule has 1 aliphatic rings. The molecule has 0 amide bonds. The number of nitrogens with zero attached hydrogens (tertiary/aromatic N) is 3. The van der Waals surface area contributed by atoms with Crippen molar-refractivity contribution < 1.29 is 14.2 Å². The molecule has 0 radical (unpaired) electrons. The Morgan fingerprint density at radius 3 is 2.15 bits per heavy atom. The average molecular weight is 465 g/mol. The summed E-state index contributed by atoms with van der Waals surface area (Å²) in [4.78, 5) is 13.9. The van der Waals surface area contributed by atoms with Crippen LogP contribution in [0.2, 0.25) is 0 Å². The predicted octanol–water partition coefficient (Wildman–Crippen LogP) is 5.00. The molecule has 0 atom stereocenters. The van der Waals surface area contributed by atoms with E-state index in [4.69, 9.17) is 14.2 Å². The van der Waals surface area contributed by atoms with Crippen molar-refractivity contribution in [1.29, 1.82) is 0 Å². The first-order valence-electron chi connectivity index (χ1n) is 11.6. The average Bonchev–Trinajstić information content (AvgIpc) is 2.88. The second-order valence-electron chi connectivity index (χ2n) is 8.18. The fraction of sp³-hybridized carbons (Fsp3) is 0.400. The van der Waals surface area contributed by atoms with Gasteiger partial charge in [-0.25, -0.2) is 0 Å². The molecular weight excluding hydrogens is 432 g/mol. The summed E-state index contributed by atoms with van der Waals surface area (Å²) < 4.78 is 16.0. The van der Waals surface area contributed by atoms with Gasteiger partial charge in [-0.15, -0.1) is 0 Å². The molecule has 1 saturated carbocycles. The first-order chi connectivity index (χ1) is 16.7. The fourth-order valence-electron chi connectivity index (χ4n) is 3.95. The molecule has 3 aromatic rings. The van der Waals surface area contributed by atoms with Crippen molar-refractivity contribution in [1.82, 2.24) is 15.0 Å². The second-order valence-corrected chi connectivity index (χ2v) is 8.18. The number of benzene rings is 2. The molecule has 1 fully saturated rings. The molecule has 180 valence electrons. The minimum Gasteiger partial charge on any atom is -0.497 e. The molecule has 9 heteroatoms. The number of ether oxygens (including phenoxy) is 3. The third-order valence-electron chi connectivity index (χ3n) is 5.84. The number of rotatable bonds is 10. The Bertz CT molecular complexity index is 1070. The molecule has 2 aromatic carbocycles. The Labute approximate surface area is 200 Å². The molecule has 0 bridgehead atoms. The topological polar surface area (TPSA) is 102 Å². The molecule has 9 nitrogen and oxygen atoms in total. The molecule has 0 aliphatic heterocycles. The number of aromatic nitrogens is 3. The zero-order chi connectivity index (χ0) is 23.8. The molecule has 1 aliphatic carbocycles. The van der Waals surface area contributed by atoms with Crippen molar-refractivity contribution in [2.75, 3.05) is 37.3 Å². The molecule has 1 aromatic heterocycles. The molecule has 34 heavy (non-hydrogen) atoms. The van der Waals surface area contributed by atoms with Crippen LogP contribution in [-0.2, 0) is 6.54 Å². The SMILES string of the molecule is COc1ccc(CNc2nc(Nc3ccc(OC)cc3OC)nc(NC3CCCCC3)n2)cc1. The van der Waals surface area contributed by atoms with Crippen molar-refractivity contribution in [3.63, 3.8) is 0 Å². The molecule has 0 spiro atoms. The summed E-state index contributed by atoms with van der Waals surface area (Å²) in [6, 6.07) is 13.8. The Kier molecular flexibility index (Phi) is 7.85. The quantitative estimate of drug-likeness (QED) is 0.382. The lowest BCUT2D eigenvalue weighted by Gasteiger charge is -2.23. The van der Waals surface area contributed by atoms with Crippen molar-refractivity contribution in [3.8, 4) is 17.2 Å². The van der Waals surface area contributed by atoms with Crippen LogP contribution in [0.4, 0.5) is 23.5 Å². The van der Waals surface area contributed by atoms with E-state index in [2.05, 4.69) is 30.9 Å². The monoisotopic (exact) mass is 464 g/mol. The third kappa shape index (κ3) is 6.18. The van der Waals surface area contributed by atoms with Gasteiger partial charge in [-0.1, -0.05) is 31.4 Å². The first kappa shape index (κ1) is 23.4. The number of hydrogen-bond donors (Lipinski definition) is 3. The van der Waals surface area contributed by atoms with Gasteiger partial charge in [-0.2, -0.15) is 15.0 Å². The first-order valence-corrected chi connectivity index (χ1v) is 11.6. The van der Waals surface area contributed by atoms with Crippen LogP contribution in [0.5, 0.6) is 17.2 Å². The smallest absolute Gasteiger partial charge is 0.233 e. The maximum atomic E-state index is 5.51. The summed E-state index contributed by atoms with van der Waals surface area (Å²) in [5.41, 5.74) is 1.83. The molecule has 3 N–H and O–H groups in total. The molecule has 1 heterocycles. The maximum absolute atomic E-state index is 5.51. The summed E-state index contributed by atoms with van der Waals surface area (Å²) >= 11 is 0. The van der Waals surface area contributed by atoms with E-state index in [1.54, 1.807) is 21.3 Å². The van der Waals surface area contributed by atoms with E-state index in [1.807, 2.05) is 42.5 Å². The van der Waals surface area contributed by atoms with Gasteiger partial charge in [0.2, 0.25) is 17.8 Å². The highest BCUT2D eigenvalue weighted by atomic mass is 16.5. The van der Waals surface area contributed by atoms with Crippen molar-refractivity contribution in [2.24, 2.45) is 0 Å². The lowest BCUT2D eigenvalue weighted by atomic mass is 9.96. The number of nitrogens with one attached hydrogen (secondary N) is 3. The molecule has 4 rings (SSSR count). The molecule has 0 unspecified atom stereocenters. The van der Waals surface area contributed by atoms with E-state index >= 15 is 0 Å². The van der Waals surface area contributed by atoms with Gasteiger partial charge < -0.3 is 30.2 Å². The summed E-state index contributed by atoms with van der Waals surface area (Å²) in [5.74, 6) is 3.62. The van der Waals surface area contributed by atoms with Crippen LogP contribution in [0, 0.1) is 0 Å². The minimum atomic E-state index is 0.369. The van der Waals surface area contributed by atoms with Crippen LogP contribution >= 0.6 is 0 Å². The largest absolute Gasteiger partial charge is 0.497 e. The van der Waals surface area contributed by atoms with E-state index < -0.39 is 0 Å². The number of methoxy groups -OCH3 is 3. The zero-order valence-electron chi connectivity index (χ0n) is 19.9. The third-order valence-corrected chi connectivity index (χ3v) is 5.84. The lowest BCUT2D eigenvalue weighted by Crippen LogP contribution is -2.24. The Balaban J connectivity index is 1.55. The van der Waals surface area contributed by atoms with Crippen LogP contribution in [0.25, 0.3) is 0 Å². The highest BCUT2D eigenvalue weighted by molar-refractivity contribution is 5.65. The second kappa shape index (κ2) is 11.4. The van der Waals surface area contributed by atoms with Gasteiger partial charge in [-0.05, 0) is 42.7 Å². The molecule has 0 saturated heterocycles. The van der Waals surface area contributed by atoms with Gasteiger partial charge in [0.25, 0.3) is 0 Å². The highest BCUT2D eigenvalue weighted by Crippen LogP contribution is 2.31. The van der Waals surface area contributed by atoms with Crippen LogP contribution in [-0.4, -0.2) is 42.3 Å². The van der Waals surface area contributed by atoms with Crippen molar-refractivity contribution in [3.05, 3.63) is 48.0 Å². The fourth-order valence-corrected chi connectivity index (χ4v) is 3.95. The van der Waals surface area contributed by atoms with E-state index in [-0.39, 0.29) is 0 Å². The zero-order valence-corrected chi connectivity index (χ0v) is 19.9. The van der Waals surface area contributed by atoms with Gasteiger partial charge in [0.1, 0.15) is 17.2 Å². The van der Waals surface area contributed by atoms with Crippen LogP contribution < -0.4 is 30.2 Å². The molecular formula is C25H32N6O3. The van der Waals surface area contributed by atoms with Gasteiger partial charge >= 0.3 is 0 Å². The van der Waals surface area contributed by atoms with E-state index in [1.165, 1.54) is 19.3 Å². The van der Waals surface area contributed by atoms with E-state index in [9.17, 15) is 0 Å². The maximum Gasteiger partial charge on any atom is 0.233 e. The van der Waals surface area contributed by atoms with Gasteiger partial charge in [0.05, 0.1) is 27.0 Å².